The number of nitrogens with zero attached hydrogens (tertiary/aromatic N) is 3. The van der Waals surface area contributed by atoms with Crippen LogP contribution in [0.4, 0.5) is 10.6 Å². The van der Waals surface area contributed by atoms with Gasteiger partial charge in [0.1, 0.15) is 42.2 Å². The Kier molecular flexibility index (Phi) is 8.09. The molecular weight excluding hydrogens is 530 g/mol. The van der Waals surface area contributed by atoms with Gasteiger partial charge in [0.2, 0.25) is 6.79 Å². The van der Waals surface area contributed by atoms with Crippen LogP contribution in [0.1, 0.15) is 46.4 Å². The number of aliphatic hydroxyl groups excluding tert-OH is 1. The highest BCUT2D eigenvalue weighted by Crippen LogP contribution is 2.42. The molecule has 15 heteroatoms. The molecule has 0 bridgehead atoms. The molecule has 0 aliphatic carbocycles. The standard InChI is InChI=1S/C25H31N5O10/c1-11(2)21(33)37-8-15-18(32)25(5,36)23(40-15)30-7-13-14(28-24(35)39-10-38-22(34)12(3)4)6-16(31)29-19-17(13)20(30)27-9-26-19/h6-7,9,11-12,15,18,23,32,36H,8,10H2,1-5H3,(H,28,35)(H,26,27,29,31). The number of ether oxygens (including phenoxy) is 4. The third kappa shape index (κ3) is 5.61. The Hall–Kier alpha value is -4.08. The van der Waals surface area contributed by atoms with Crippen LogP contribution in [0.5, 0.6) is 0 Å². The molecule has 0 radical (unpaired) electrons. The summed E-state index contributed by atoms with van der Waals surface area (Å²) in [5.74, 6) is -2.34. The molecule has 1 saturated heterocycles. The monoisotopic (exact) mass is 561 g/mol. The van der Waals surface area contributed by atoms with E-state index < -0.39 is 66.6 Å². The summed E-state index contributed by atoms with van der Waals surface area (Å²) in [4.78, 5) is 56.9. The summed E-state index contributed by atoms with van der Waals surface area (Å²) in [7, 11) is 0. The van der Waals surface area contributed by atoms with Crippen molar-refractivity contribution in [2.75, 3.05) is 18.7 Å². The van der Waals surface area contributed by atoms with Crippen molar-refractivity contribution in [1.82, 2.24) is 19.9 Å². The lowest BCUT2D eigenvalue weighted by Crippen LogP contribution is -2.44. The highest BCUT2D eigenvalue weighted by molar-refractivity contribution is 6.14. The molecule has 2 amide bonds. The Balaban J connectivity index is 1.63. The Labute approximate surface area is 228 Å². The molecule has 15 nitrogen and oxygen atoms in total. The Morgan fingerprint density at radius 2 is 1.82 bits per heavy atom. The Morgan fingerprint density at radius 3 is 2.50 bits per heavy atom. The van der Waals surface area contributed by atoms with E-state index in [4.69, 9.17) is 18.9 Å². The molecule has 4 rings (SSSR count). The fourth-order valence-corrected chi connectivity index (χ4v) is 4.19. The number of nitrogens with one attached hydrogen (secondary N) is 2. The van der Waals surface area contributed by atoms with Gasteiger partial charge in [-0.05, 0) is 6.92 Å². The zero-order valence-electron chi connectivity index (χ0n) is 22.5. The third-order valence-electron chi connectivity index (χ3n) is 6.38. The smallest absolute Gasteiger partial charge is 0.414 e. The van der Waals surface area contributed by atoms with Crippen LogP contribution < -0.4 is 10.6 Å². The largest absolute Gasteiger partial charge is 0.463 e. The van der Waals surface area contributed by atoms with Crippen LogP contribution in [0.2, 0.25) is 0 Å². The Bertz CT molecular complexity index is 1370. The number of anilines is 1. The molecule has 2 aromatic rings. The van der Waals surface area contributed by atoms with Gasteiger partial charge in [-0.25, -0.2) is 14.8 Å². The first kappa shape index (κ1) is 28.9. The molecule has 40 heavy (non-hydrogen) atoms. The summed E-state index contributed by atoms with van der Waals surface area (Å²) >= 11 is 0. The number of hydrogen-bond donors (Lipinski definition) is 4. The fourth-order valence-electron chi connectivity index (χ4n) is 4.19. The van der Waals surface area contributed by atoms with E-state index in [1.165, 1.54) is 24.0 Å². The molecule has 0 aromatic carbocycles. The van der Waals surface area contributed by atoms with Crippen molar-refractivity contribution in [1.29, 1.82) is 0 Å². The lowest BCUT2D eigenvalue weighted by atomic mass is 9.96. The normalized spacial score (nSPS) is 24.0. The molecule has 216 valence electrons. The van der Waals surface area contributed by atoms with E-state index in [0.717, 1.165) is 6.08 Å². The van der Waals surface area contributed by atoms with Gasteiger partial charge in [0.05, 0.1) is 22.9 Å². The third-order valence-corrected chi connectivity index (χ3v) is 6.38. The minimum absolute atomic E-state index is 0.00409. The van der Waals surface area contributed by atoms with Crippen LogP contribution in [-0.4, -0.2) is 79.9 Å². The van der Waals surface area contributed by atoms with Crippen molar-refractivity contribution in [2.45, 2.75) is 58.7 Å². The summed E-state index contributed by atoms with van der Waals surface area (Å²) in [6.45, 7) is 6.99. The van der Waals surface area contributed by atoms with E-state index in [2.05, 4.69) is 20.6 Å². The van der Waals surface area contributed by atoms with E-state index >= 15 is 0 Å². The zero-order valence-corrected chi connectivity index (χ0v) is 22.5. The van der Waals surface area contributed by atoms with Gasteiger partial charge >= 0.3 is 18.0 Å². The van der Waals surface area contributed by atoms with Gasteiger partial charge in [-0.2, -0.15) is 0 Å². The number of aliphatic hydroxyl groups is 2. The topological polar surface area (TPSA) is 200 Å². The first-order chi connectivity index (χ1) is 18.8. The quantitative estimate of drug-likeness (QED) is 0.261. The van der Waals surface area contributed by atoms with Gasteiger partial charge in [-0.15, -0.1) is 0 Å². The second-order valence-electron chi connectivity index (χ2n) is 10.2. The van der Waals surface area contributed by atoms with Crippen molar-refractivity contribution in [2.24, 2.45) is 11.8 Å². The number of esters is 2. The predicted octanol–water partition coefficient (Wildman–Crippen LogP) is 0.816. The second-order valence-corrected chi connectivity index (χ2v) is 10.2. The van der Waals surface area contributed by atoms with Gasteiger partial charge in [-0.3, -0.25) is 19.7 Å². The summed E-state index contributed by atoms with van der Waals surface area (Å²) in [5.41, 5.74) is -1.40. The van der Waals surface area contributed by atoms with Crippen molar-refractivity contribution in [3.63, 3.8) is 0 Å². The van der Waals surface area contributed by atoms with E-state index in [1.54, 1.807) is 27.7 Å². The second kappa shape index (κ2) is 11.2. The molecule has 0 saturated carbocycles. The Morgan fingerprint density at radius 1 is 1.15 bits per heavy atom. The summed E-state index contributed by atoms with van der Waals surface area (Å²) < 4.78 is 22.3. The van der Waals surface area contributed by atoms with Gasteiger partial charge in [0.15, 0.2) is 6.23 Å². The summed E-state index contributed by atoms with van der Waals surface area (Å²) in [5, 5.41) is 27.4. The average molecular weight is 562 g/mol. The van der Waals surface area contributed by atoms with Gasteiger partial charge in [0.25, 0.3) is 5.91 Å². The maximum atomic E-state index is 12.5. The lowest BCUT2D eigenvalue weighted by Gasteiger charge is -2.27. The van der Waals surface area contributed by atoms with Crippen LogP contribution in [0.3, 0.4) is 0 Å². The van der Waals surface area contributed by atoms with Crippen LogP contribution >= 0.6 is 0 Å². The van der Waals surface area contributed by atoms with Crippen LogP contribution in [0.15, 0.2) is 18.6 Å². The maximum Gasteiger partial charge on any atom is 0.414 e. The average Bonchev–Trinajstić information content (AvgIpc) is 3.32. The SMILES string of the molecule is CC(C)C(=O)OCOC(=O)NC1=CC(=O)Nc2ncnc3c2c1cn3C1OC(COC(=O)C(C)C)C(O)C1(C)O. The van der Waals surface area contributed by atoms with Crippen LogP contribution in [0.25, 0.3) is 16.7 Å². The van der Waals surface area contributed by atoms with Gasteiger partial charge in [0, 0.05) is 17.8 Å². The molecule has 2 aliphatic rings. The minimum atomic E-state index is -1.87. The molecule has 2 aromatic heterocycles. The van der Waals surface area contributed by atoms with Crippen LogP contribution in [-0.2, 0) is 33.3 Å². The molecule has 4 atom stereocenters. The first-order valence-electron chi connectivity index (χ1n) is 12.5. The highest BCUT2D eigenvalue weighted by atomic mass is 16.7. The minimum Gasteiger partial charge on any atom is -0.463 e. The maximum absolute atomic E-state index is 12.5. The van der Waals surface area contributed by atoms with E-state index in [-0.39, 0.29) is 29.3 Å². The van der Waals surface area contributed by atoms with E-state index in [9.17, 15) is 29.4 Å². The van der Waals surface area contributed by atoms with Crippen molar-refractivity contribution in [3.05, 3.63) is 24.2 Å². The number of amides is 2. The first-order valence-corrected chi connectivity index (χ1v) is 12.5. The molecular formula is C25H31N5O10. The molecule has 2 aliphatic heterocycles. The zero-order chi connectivity index (χ0) is 29.4. The lowest BCUT2D eigenvalue weighted by molar-refractivity contribution is -0.155. The van der Waals surface area contributed by atoms with Crippen molar-refractivity contribution < 1.29 is 48.3 Å². The molecule has 1 fully saturated rings. The summed E-state index contributed by atoms with van der Waals surface area (Å²) in [6.07, 6.45) is -0.985. The van der Waals surface area contributed by atoms with Gasteiger partial charge < -0.3 is 39.0 Å². The van der Waals surface area contributed by atoms with Crippen molar-refractivity contribution in [3.8, 4) is 0 Å². The number of aromatic nitrogens is 3. The number of alkyl carbamates (subject to hydrolysis) is 1. The number of carbonyl (C=O) groups is 4. The van der Waals surface area contributed by atoms with E-state index in [1.807, 2.05) is 0 Å². The van der Waals surface area contributed by atoms with Crippen molar-refractivity contribution >= 4 is 46.5 Å². The van der Waals surface area contributed by atoms with Crippen LogP contribution in [0, 0.1) is 11.8 Å². The molecule has 0 spiro atoms. The number of hydrogen-bond acceptors (Lipinski definition) is 12. The fraction of sp³-hybridized carbons (Fsp3) is 0.520. The highest BCUT2D eigenvalue weighted by Gasteiger charge is 2.54. The molecule has 4 unspecified atom stereocenters. The molecule has 4 N–H and O–H groups in total. The molecule has 4 heterocycles. The predicted molar refractivity (Wildman–Crippen MR) is 136 cm³/mol. The van der Waals surface area contributed by atoms with Gasteiger partial charge in [-0.1, -0.05) is 27.7 Å². The number of carbonyl (C=O) groups excluding carboxylic acids is 4. The summed E-state index contributed by atoms with van der Waals surface area (Å²) in [6, 6.07) is 0. The number of rotatable bonds is 8. The van der Waals surface area contributed by atoms with E-state index in [0.29, 0.717) is 5.39 Å².